The smallest absolute Gasteiger partial charge is 0.331 e. The van der Waals surface area contributed by atoms with Crippen LogP contribution in [0.4, 0.5) is 0 Å². The van der Waals surface area contributed by atoms with Gasteiger partial charge in [0.1, 0.15) is 0 Å². The molecule has 0 aliphatic heterocycles. The zero-order valence-electron chi connectivity index (χ0n) is 30.2. The van der Waals surface area contributed by atoms with Crippen molar-refractivity contribution in [3.05, 3.63) is 43.7 Å². The van der Waals surface area contributed by atoms with E-state index in [1.54, 1.807) is 6.08 Å². The molecule has 1 atom stereocenters. The molecule has 0 aliphatic carbocycles. The van der Waals surface area contributed by atoms with E-state index in [4.69, 9.17) is 5.11 Å². The Morgan fingerprint density at radius 3 is 1.46 bits per heavy atom. The SMILES string of the molecule is CCCCCCCC(CCCCCC=C(CCCCCCCCC=C(CCCCCCCCCCCC(=O)O)[N+](=O)[O-])C(=O)O)[N+](=O)[O-]. The van der Waals surface area contributed by atoms with Crippen LogP contribution in [0.25, 0.3) is 0 Å². The van der Waals surface area contributed by atoms with Crippen LogP contribution < -0.4 is 0 Å². The fraction of sp³-hybridized carbons (Fsp3) is 0.842. The first kappa shape index (κ1) is 45.2. The highest BCUT2D eigenvalue weighted by atomic mass is 16.6. The molecule has 0 aromatic rings. The molecule has 10 heteroatoms. The quantitative estimate of drug-likeness (QED) is 0.0286. The van der Waals surface area contributed by atoms with Crippen molar-refractivity contribution in [2.45, 2.75) is 206 Å². The summed E-state index contributed by atoms with van der Waals surface area (Å²) in [7, 11) is 0. The predicted molar refractivity (Wildman–Crippen MR) is 193 cm³/mol. The van der Waals surface area contributed by atoms with Crippen LogP contribution in [0.15, 0.2) is 23.4 Å². The monoisotopic (exact) mass is 680 g/mol. The number of carboxylic acid groups (broad SMARTS) is 2. The molecule has 0 aromatic heterocycles. The van der Waals surface area contributed by atoms with Crippen molar-refractivity contribution < 1.29 is 29.6 Å². The van der Waals surface area contributed by atoms with Crippen LogP contribution in [0.3, 0.4) is 0 Å². The minimum Gasteiger partial charge on any atom is -0.481 e. The molecule has 48 heavy (non-hydrogen) atoms. The van der Waals surface area contributed by atoms with Crippen LogP contribution in [0.5, 0.6) is 0 Å². The molecule has 2 N–H and O–H groups in total. The molecule has 278 valence electrons. The number of allylic oxidation sites excluding steroid dienone is 3. The number of carboxylic acids is 2. The number of hydrogen-bond donors (Lipinski definition) is 2. The summed E-state index contributed by atoms with van der Waals surface area (Å²) in [4.78, 5) is 44.6. The highest BCUT2D eigenvalue weighted by Gasteiger charge is 2.18. The van der Waals surface area contributed by atoms with E-state index in [9.17, 15) is 34.9 Å². The van der Waals surface area contributed by atoms with Crippen LogP contribution >= 0.6 is 0 Å². The molecule has 0 saturated heterocycles. The first-order valence-corrected chi connectivity index (χ1v) is 19.3. The van der Waals surface area contributed by atoms with Crippen LogP contribution in [-0.4, -0.2) is 38.0 Å². The molecule has 0 aromatic carbocycles. The maximum atomic E-state index is 11.7. The maximum Gasteiger partial charge on any atom is 0.331 e. The van der Waals surface area contributed by atoms with Gasteiger partial charge in [-0.3, -0.25) is 25.0 Å². The van der Waals surface area contributed by atoms with Crippen LogP contribution in [0.2, 0.25) is 0 Å². The van der Waals surface area contributed by atoms with Gasteiger partial charge in [-0.25, -0.2) is 4.79 Å². The van der Waals surface area contributed by atoms with Crippen molar-refractivity contribution in [2.75, 3.05) is 0 Å². The van der Waals surface area contributed by atoms with Gasteiger partial charge in [0.05, 0.1) is 4.92 Å². The van der Waals surface area contributed by atoms with Gasteiger partial charge in [0.15, 0.2) is 0 Å². The highest BCUT2D eigenvalue weighted by Crippen LogP contribution is 2.19. The Morgan fingerprint density at radius 2 is 0.979 bits per heavy atom. The number of unbranched alkanes of at least 4 members (excludes halogenated alkanes) is 21. The zero-order chi connectivity index (χ0) is 35.7. The first-order valence-electron chi connectivity index (χ1n) is 19.3. The van der Waals surface area contributed by atoms with E-state index >= 15 is 0 Å². The van der Waals surface area contributed by atoms with Gasteiger partial charge >= 0.3 is 11.9 Å². The highest BCUT2D eigenvalue weighted by molar-refractivity contribution is 5.86. The normalized spacial score (nSPS) is 12.7. The minimum atomic E-state index is -0.860. The lowest BCUT2D eigenvalue weighted by Gasteiger charge is -2.09. The van der Waals surface area contributed by atoms with Crippen LogP contribution in [0.1, 0.15) is 200 Å². The summed E-state index contributed by atoms with van der Waals surface area (Å²) in [5, 5.41) is 41.0. The summed E-state index contributed by atoms with van der Waals surface area (Å²) in [6.07, 6.45) is 30.5. The number of hydrogen-bond acceptors (Lipinski definition) is 6. The Morgan fingerprint density at radius 1 is 0.562 bits per heavy atom. The minimum absolute atomic E-state index is 0.128. The third kappa shape index (κ3) is 29.4. The Balaban J connectivity index is 3.97. The summed E-state index contributed by atoms with van der Waals surface area (Å²) in [5.74, 6) is -1.59. The second-order valence-electron chi connectivity index (χ2n) is 13.5. The topological polar surface area (TPSA) is 161 Å². The van der Waals surface area contributed by atoms with E-state index in [1.807, 2.05) is 6.08 Å². The van der Waals surface area contributed by atoms with Crippen molar-refractivity contribution in [1.82, 2.24) is 0 Å². The maximum absolute atomic E-state index is 11.7. The summed E-state index contributed by atoms with van der Waals surface area (Å²) in [6, 6.07) is -0.454. The lowest BCUT2D eigenvalue weighted by molar-refractivity contribution is -0.524. The molecule has 0 radical (unpaired) electrons. The van der Waals surface area contributed by atoms with E-state index in [2.05, 4.69) is 6.92 Å². The molecule has 0 spiro atoms. The average Bonchev–Trinajstić information content (AvgIpc) is 3.04. The van der Waals surface area contributed by atoms with Crippen molar-refractivity contribution in [3.63, 3.8) is 0 Å². The molecular formula is C38H68N2O8. The number of rotatable bonds is 36. The molecule has 0 rings (SSSR count). The number of carbonyl (C=O) groups is 2. The number of nitrogens with zero attached hydrogens (tertiary/aromatic N) is 2. The summed E-state index contributed by atoms with van der Waals surface area (Å²) < 4.78 is 0. The first-order chi connectivity index (χ1) is 23.2. The summed E-state index contributed by atoms with van der Waals surface area (Å²) >= 11 is 0. The Bertz CT molecular complexity index is 918. The zero-order valence-corrected chi connectivity index (χ0v) is 30.2. The molecule has 0 heterocycles. The predicted octanol–water partition coefficient (Wildman–Crippen LogP) is 11.6. The molecule has 1 unspecified atom stereocenters. The fourth-order valence-corrected chi connectivity index (χ4v) is 6.14. The van der Waals surface area contributed by atoms with Crippen LogP contribution in [0, 0.1) is 20.2 Å². The molecule has 0 fully saturated rings. The van der Waals surface area contributed by atoms with E-state index in [0.29, 0.717) is 43.4 Å². The standard InChI is InChI=1S/C38H68N2O8/c1-2-3-4-13-22-29-35(39(45)46)32-25-19-18-21-28-34(38(43)44)27-20-14-9-8-11-16-24-31-36(40(47)48)30-23-15-10-6-5-7-12-17-26-33-37(41)42/h28,31,35H,2-27,29-30,32-33H2,1H3,(H,41,42)(H,43,44). The Kier molecular flexibility index (Phi) is 30.9. The Labute approximate surface area is 290 Å². The largest absolute Gasteiger partial charge is 0.481 e. The lowest BCUT2D eigenvalue weighted by atomic mass is 10.0. The Hall–Kier alpha value is -2.78. The summed E-state index contributed by atoms with van der Waals surface area (Å²) in [5.41, 5.74) is 0.794. The third-order valence-electron chi connectivity index (χ3n) is 9.18. The van der Waals surface area contributed by atoms with Gasteiger partial charge in [-0.15, -0.1) is 0 Å². The number of aliphatic carboxylic acids is 2. The molecule has 0 aliphatic rings. The second-order valence-corrected chi connectivity index (χ2v) is 13.5. The van der Waals surface area contributed by atoms with Gasteiger partial charge in [-0.05, 0) is 70.3 Å². The van der Waals surface area contributed by atoms with Crippen molar-refractivity contribution in [1.29, 1.82) is 0 Å². The van der Waals surface area contributed by atoms with Crippen molar-refractivity contribution in [3.8, 4) is 0 Å². The van der Waals surface area contributed by atoms with E-state index < -0.39 is 18.0 Å². The van der Waals surface area contributed by atoms with E-state index in [0.717, 1.165) is 141 Å². The second kappa shape index (κ2) is 32.8. The molecular weight excluding hydrogens is 612 g/mol. The van der Waals surface area contributed by atoms with Gasteiger partial charge in [0, 0.05) is 36.2 Å². The molecule has 0 saturated carbocycles. The molecule has 0 bridgehead atoms. The van der Waals surface area contributed by atoms with Gasteiger partial charge in [0.25, 0.3) is 0 Å². The number of nitro groups is 2. The molecule has 0 amide bonds. The fourth-order valence-electron chi connectivity index (χ4n) is 6.14. The van der Waals surface area contributed by atoms with Crippen molar-refractivity contribution >= 4 is 11.9 Å². The van der Waals surface area contributed by atoms with E-state index in [1.165, 1.54) is 12.8 Å². The van der Waals surface area contributed by atoms with Gasteiger partial charge < -0.3 is 10.2 Å². The van der Waals surface area contributed by atoms with Gasteiger partial charge in [-0.2, -0.15) is 0 Å². The van der Waals surface area contributed by atoms with Gasteiger partial charge in [-0.1, -0.05) is 116 Å². The lowest BCUT2D eigenvalue weighted by Crippen LogP contribution is -2.19. The third-order valence-corrected chi connectivity index (χ3v) is 9.18. The summed E-state index contributed by atoms with van der Waals surface area (Å²) in [6.45, 7) is 2.16. The van der Waals surface area contributed by atoms with Gasteiger partial charge in [0.2, 0.25) is 11.7 Å². The van der Waals surface area contributed by atoms with Crippen molar-refractivity contribution in [2.24, 2.45) is 0 Å². The molecule has 10 nitrogen and oxygen atoms in total. The average molecular weight is 681 g/mol. The van der Waals surface area contributed by atoms with Crippen LogP contribution in [-0.2, 0) is 9.59 Å². The van der Waals surface area contributed by atoms with E-state index in [-0.39, 0.29) is 16.3 Å².